The SMILES string of the molecule is CC(C)C[C@H](NC(=O)[C@H](C)NC(=O)OCC[Si](C)(C)C)C(=O)N[C@@H](C)C(=O)N[C@H](CC(C)C)C(=O)NC1=CCC(CO)C=C1. The lowest BCUT2D eigenvalue weighted by molar-refractivity contribution is -0.133. The second-order valence-electron chi connectivity index (χ2n) is 13.6. The largest absolute Gasteiger partial charge is 0.450 e. The third-order valence-corrected chi connectivity index (χ3v) is 8.64. The molecule has 6 N–H and O–H groups in total. The van der Waals surface area contributed by atoms with Gasteiger partial charge in [0.05, 0.1) is 6.61 Å². The summed E-state index contributed by atoms with van der Waals surface area (Å²) < 4.78 is 5.20. The molecular formula is C31H55N5O7Si. The third-order valence-electron chi connectivity index (χ3n) is 6.94. The van der Waals surface area contributed by atoms with E-state index in [2.05, 4.69) is 46.2 Å². The van der Waals surface area contributed by atoms with Crippen molar-refractivity contribution in [2.45, 2.75) is 111 Å². The highest BCUT2D eigenvalue weighted by Crippen LogP contribution is 2.15. The van der Waals surface area contributed by atoms with E-state index in [0.29, 0.717) is 25.0 Å². The van der Waals surface area contributed by atoms with Crippen molar-refractivity contribution in [1.29, 1.82) is 0 Å². The third kappa shape index (κ3) is 15.5. The number of carbonyl (C=O) groups excluding carboxylic acids is 5. The zero-order valence-electron chi connectivity index (χ0n) is 27.9. The van der Waals surface area contributed by atoms with E-state index in [1.54, 1.807) is 6.08 Å². The van der Waals surface area contributed by atoms with Crippen molar-refractivity contribution < 1.29 is 33.8 Å². The molecule has 12 nitrogen and oxygen atoms in total. The van der Waals surface area contributed by atoms with Gasteiger partial charge in [-0.05, 0) is 57.1 Å². The minimum Gasteiger partial charge on any atom is -0.450 e. The Morgan fingerprint density at radius 2 is 1.34 bits per heavy atom. The van der Waals surface area contributed by atoms with Crippen LogP contribution in [0.3, 0.4) is 0 Å². The lowest BCUT2D eigenvalue weighted by atomic mass is 9.99. The lowest BCUT2D eigenvalue weighted by Gasteiger charge is -2.26. The smallest absolute Gasteiger partial charge is 0.407 e. The number of alkyl carbamates (subject to hydrolysis) is 1. The highest BCUT2D eigenvalue weighted by atomic mass is 28.3. The molecule has 1 rings (SSSR count). The molecule has 0 radical (unpaired) electrons. The van der Waals surface area contributed by atoms with Crippen LogP contribution in [0.15, 0.2) is 23.9 Å². The van der Waals surface area contributed by atoms with Crippen molar-refractivity contribution in [3.63, 3.8) is 0 Å². The van der Waals surface area contributed by atoms with Gasteiger partial charge in [0.2, 0.25) is 23.6 Å². The Balaban J connectivity index is 2.79. The highest BCUT2D eigenvalue weighted by molar-refractivity contribution is 6.76. The number of rotatable bonds is 17. The monoisotopic (exact) mass is 637 g/mol. The Labute approximate surface area is 263 Å². The van der Waals surface area contributed by atoms with Gasteiger partial charge in [0.25, 0.3) is 0 Å². The molecule has 0 fully saturated rings. The molecule has 0 bridgehead atoms. The summed E-state index contributed by atoms with van der Waals surface area (Å²) in [6.07, 6.45) is 5.96. The number of hydrogen-bond donors (Lipinski definition) is 6. The van der Waals surface area contributed by atoms with E-state index in [-0.39, 0.29) is 36.9 Å². The average molecular weight is 638 g/mol. The highest BCUT2D eigenvalue weighted by Gasteiger charge is 2.30. The van der Waals surface area contributed by atoms with Crippen LogP contribution in [0, 0.1) is 17.8 Å². The molecule has 0 aromatic carbocycles. The van der Waals surface area contributed by atoms with Crippen LogP contribution in [-0.4, -0.2) is 80.3 Å². The molecule has 44 heavy (non-hydrogen) atoms. The Morgan fingerprint density at radius 3 is 1.80 bits per heavy atom. The van der Waals surface area contributed by atoms with Gasteiger partial charge in [-0.3, -0.25) is 19.2 Å². The molecule has 5 amide bonds. The van der Waals surface area contributed by atoms with Crippen LogP contribution in [0.2, 0.25) is 25.7 Å². The summed E-state index contributed by atoms with van der Waals surface area (Å²) in [4.78, 5) is 64.3. The summed E-state index contributed by atoms with van der Waals surface area (Å²) in [5.74, 6) is -1.89. The summed E-state index contributed by atoms with van der Waals surface area (Å²) in [6.45, 7) is 17.5. The van der Waals surface area contributed by atoms with E-state index >= 15 is 0 Å². The molecule has 0 spiro atoms. The van der Waals surface area contributed by atoms with Gasteiger partial charge in [-0.25, -0.2) is 4.79 Å². The summed E-state index contributed by atoms with van der Waals surface area (Å²) >= 11 is 0. The van der Waals surface area contributed by atoms with Crippen LogP contribution >= 0.6 is 0 Å². The number of amides is 5. The second-order valence-corrected chi connectivity index (χ2v) is 19.2. The first kappa shape index (κ1) is 38.8. The molecule has 0 heterocycles. The van der Waals surface area contributed by atoms with Crippen LogP contribution in [-0.2, 0) is 23.9 Å². The molecular weight excluding hydrogens is 582 g/mol. The number of aliphatic hydroxyl groups is 1. The molecule has 0 aromatic rings. The fourth-order valence-corrected chi connectivity index (χ4v) is 4.95. The van der Waals surface area contributed by atoms with E-state index in [4.69, 9.17) is 4.74 Å². The Hall–Kier alpha value is -3.19. The van der Waals surface area contributed by atoms with Gasteiger partial charge in [0, 0.05) is 26.3 Å². The van der Waals surface area contributed by atoms with E-state index in [9.17, 15) is 29.1 Å². The maximum absolute atomic E-state index is 13.2. The van der Waals surface area contributed by atoms with Gasteiger partial charge in [-0.1, -0.05) is 59.5 Å². The van der Waals surface area contributed by atoms with E-state index in [0.717, 1.165) is 6.04 Å². The summed E-state index contributed by atoms with van der Waals surface area (Å²) in [6, 6.07) is -2.93. The normalized spacial score (nSPS) is 17.5. The number of hydrogen-bond acceptors (Lipinski definition) is 7. The van der Waals surface area contributed by atoms with E-state index in [1.165, 1.54) is 13.8 Å². The second kappa shape index (κ2) is 18.6. The van der Waals surface area contributed by atoms with Crippen molar-refractivity contribution >= 4 is 37.8 Å². The molecule has 5 atom stereocenters. The fourth-order valence-electron chi connectivity index (χ4n) is 4.23. The van der Waals surface area contributed by atoms with Crippen molar-refractivity contribution in [1.82, 2.24) is 26.6 Å². The average Bonchev–Trinajstić information content (AvgIpc) is 2.91. The number of carbonyl (C=O) groups is 5. The van der Waals surface area contributed by atoms with Crippen molar-refractivity contribution in [3.05, 3.63) is 23.9 Å². The fraction of sp³-hybridized carbons (Fsp3) is 0.710. The zero-order valence-corrected chi connectivity index (χ0v) is 28.9. The first-order valence-corrected chi connectivity index (χ1v) is 19.3. The number of ether oxygens (including phenoxy) is 1. The lowest BCUT2D eigenvalue weighted by Crippen LogP contribution is -2.57. The summed E-state index contributed by atoms with van der Waals surface area (Å²) in [5, 5.41) is 22.7. The predicted molar refractivity (Wildman–Crippen MR) is 173 cm³/mol. The van der Waals surface area contributed by atoms with Gasteiger partial charge >= 0.3 is 6.09 Å². The Bertz CT molecular complexity index is 1050. The van der Waals surface area contributed by atoms with Crippen LogP contribution in [0.4, 0.5) is 4.79 Å². The van der Waals surface area contributed by atoms with Crippen LogP contribution in [0.1, 0.15) is 60.8 Å². The zero-order chi connectivity index (χ0) is 33.6. The summed E-state index contributed by atoms with van der Waals surface area (Å²) in [7, 11) is -1.38. The topological polar surface area (TPSA) is 175 Å². The van der Waals surface area contributed by atoms with Gasteiger partial charge in [0.15, 0.2) is 0 Å². The van der Waals surface area contributed by atoms with Crippen LogP contribution in [0.5, 0.6) is 0 Å². The van der Waals surface area contributed by atoms with Crippen molar-refractivity contribution in [2.24, 2.45) is 17.8 Å². The molecule has 1 aliphatic carbocycles. The minimum atomic E-state index is -1.38. The van der Waals surface area contributed by atoms with Crippen LogP contribution in [0.25, 0.3) is 0 Å². The predicted octanol–water partition coefficient (Wildman–Crippen LogP) is 2.57. The Morgan fingerprint density at radius 1 is 0.818 bits per heavy atom. The van der Waals surface area contributed by atoms with Crippen LogP contribution < -0.4 is 26.6 Å². The maximum Gasteiger partial charge on any atom is 0.407 e. The first-order chi connectivity index (χ1) is 20.4. The first-order valence-electron chi connectivity index (χ1n) is 15.6. The Kier molecular flexibility index (Phi) is 16.4. The molecule has 1 aliphatic rings. The van der Waals surface area contributed by atoms with Crippen molar-refractivity contribution in [2.75, 3.05) is 13.2 Å². The van der Waals surface area contributed by atoms with E-state index < -0.39 is 56.1 Å². The standard InChI is InChI=1S/C31H55N5O7Si/c1-19(2)16-25(35-28(39)22(6)33-31(42)43-14-15-44(7,8)9)29(40)32-21(5)27(38)36-26(17-20(3)4)30(41)34-24-12-10-23(18-37)11-13-24/h10,12-13,19-23,25-26,37H,11,14-18H2,1-9H3,(H,32,40)(H,33,42)(H,34,41)(H,35,39)(H,36,38)/t21-,22-,23?,25-,26+/m0/s1. The van der Waals surface area contributed by atoms with Gasteiger partial charge in [-0.2, -0.15) is 0 Å². The van der Waals surface area contributed by atoms with Gasteiger partial charge in [0.1, 0.15) is 24.2 Å². The number of allylic oxidation sites excluding steroid dienone is 2. The molecule has 0 saturated carbocycles. The molecule has 250 valence electrons. The molecule has 13 heteroatoms. The molecule has 0 saturated heterocycles. The number of nitrogens with one attached hydrogen (secondary N) is 5. The van der Waals surface area contributed by atoms with E-state index in [1.807, 2.05) is 39.8 Å². The molecule has 0 aliphatic heterocycles. The summed E-state index contributed by atoms with van der Waals surface area (Å²) in [5.41, 5.74) is 0.597. The maximum atomic E-state index is 13.2. The van der Waals surface area contributed by atoms with Gasteiger partial charge in [-0.15, -0.1) is 0 Å². The molecule has 1 unspecified atom stereocenters. The minimum absolute atomic E-state index is 0.0104. The van der Waals surface area contributed by atoms with Gasteiger partial charge < -0.3 is 36.4 Å². The quantitative estimate of drug-likeness (QED) is 0.133. The van der Waals surface area contributed by atoms with Crippen molar-refractivity contribution in [3.8, 4) is 0 Å². The molecule has 0 aromatic heterocycles. The number of aliphatic hydroxyl groups excluding tert-OH is 1.